The molecular formula is C31H24Cl2N4O2. The lowest BCUT2D eigenvalue weighted by atomic mass is 9.94. The first-order valence-electron chi connectivity index (χ1n) is 12.5. The van der Waals surface area contributed by atoms with Crippen molar-refractivity contribution in [2.45, 2.75) is 25.6 Å². The zero-order valence-electron chi connectivity index (χ0n) is 21.0. The van der Waals surface area contributed by atoms with Gasteiger partial charge < -0.3 is 5.32 Å². The van der Waals surface area contributed by atoms with Crippen LogP contribution in [-0.4, -0.2) is 20.1 Å². The molecule has 6 rings (SSSR count). The molecule has 0 saturated heterocycles. The fourth-order valence-electron chi connectivity index (χ4n) is 5.20. The first-order chi connectivity index (χ1) is 18.9. The molecule has 0 spiro atoms. The van der Waals surface area contributed by atoms with Crippen molar-refractivity contribution in [2.24, 2.45) is 0 Å². The lowest BCUT2D eigenvalue weighted by Crippen LogP contribution is -2.26. The Balaban J connectivity index is 1.51. The summed E-state index contributed by atoms with van der Waals surface area (Å²) in [5, 5.41) is 9.20. The molecule has 0 bridgehead atoms. The number of halogens is 2. The van der Waals surface area contributed by atoms with Gasteiger partial charge in [0, 0.05) is 21.8 Å². The molecule has 2 atom stereocenters. The number of rotatable bonds is 6. The van der Waals surface area contributed by atoms with Gasteiger partial charge in [0.05, 0.1) is 36.0 Å². The molecule has 0 saturated carbocycles. The molecule has 194 valence electrons. The number of carbonyl (C=O) groups is 1. The van der Waals surface area contributed by atoms with E-state index < -0.39 is 6.04 Å². The molecule has 8 heteroatoms. The van der Waals surface area contributed by atoms with Crippen molar-refractivity contribution in [3.63, 3.8) is 0 Å². The Hall–Kier alpha value is -4.13. The van der Waals surface area contributed by atoms with Gasteiger partial charge in [-0.2, -0.15) is 5.10 Å². The highest BCUT2D eigenvalue weighted by Gasteiger charge is 2.38. The van der Waals surface area contributed by atoms with Gasteiger partial charge in [0.1, 0.15) is 5.82 Å². The molecule has 0 fully saturated rings. The second-order valence-electron chi connectivity index (χ2n) is 9.63. The summed E-state index contributed by atoms with van der Waals surface area (Å²) in [5.41, 5.74) is 4.22. The van der Waals surface area contributed by atoms with Gasteiger partial charge in [-0.05, 0) is 53.9 Å². The van der Waals surface area contributed by atoms with E-state index in [1.165, 1.54) is 6.92 Å². The van der Waals surface area contributed by atoms with Gasteiger partial charge >= 0.3 is 0 Å². The number of ketones is 1. The Kier molecular flexibility index (Phi) is 6.59. The van der Waals surface area contributed by atoms with Crippen LogP contribution in [0.2, 0.25) is 10.0 Å². The number of fused-ring (bicyclic) bond motifs is 1. The molecule has 1 N–H and O–H groups in total. The highest BCUT2D eigenvalue weighted by molar-refractivity contribution is 6.30. The van der Waals surface area contributed by atoms with Gasteiger partial charge in [0.15, 0.2) is 5.78 Å². The predicted molar refractivity (Wildman–Crippen MR) is 155 cm³/mol. The Labute approximate surface area is 235 Å². The van der Waals surface area contributed by atoms with Gasteiger partial charge in [-0.3, -0.25) is 18.8 Å². The van der Waals surface area contributed by atoms with Crippen LogP contribution in [0.5, 0.6) is 0 Å². The first-order valence-corrected chi connectivity index (χ1v) is 13.3. The molecular weight excluding hydrogens is 531 g/mol. The molecule has 0 amide bonds. The quantitative estimate of drug-likeness (QED) is 0.229. The minimum Gasteiger partial charge on any atom is -0.361 e. The summed E-state index contributed by atoms with van der Waals surface area (Å²) >= 11 is 12.4. The number of nitrogens with one attached hydrogen (secondary N) is 1. The molecule has 2 aromatic heterocycles. The first kappa shape index (κ1) is 25.2. The average molecular weight is 555 g/mol. The fourth-order valence-corrected chi connectivity index (χ4v) is 5.45. The summed E-state index contributed by atoms with van der Waals surface area (Å²) in [7, 11) is 0. The zero-order valence-corrected chi connectivity index (χ0v) is 22.5. The summed E-state index contributed by atoms with van der Waals surface area (Å²) in [6.45, 7) is 2.08. The number of hydrogen-bond acceptors (Lipinski definition) is 4. The minimum atomic E-state index is -0.427. The maximum Gasteiger partial charge on any atom is 0.260 e. The van der Waals surface area contributed by atoms with Crippen LogP contribution in [0.1, 0.15) is 46.1 Å². The Morgan fingerprint density at radius 3 is 2.21 bits per heavy atom. The van der Waals surface area contributed by atoms with Gasteiger partial charge in [-0.25, -0.2) is 0 Å². The third-order valence-corrected chi connectivity index (χ3v) is 7.58. The van der Waals surface area contributed by atoms with E-state index in [4.69, 9.17) is 23.2 Å². The fraction of sp³-hybridized carbons (Fsp3) is 0.129. The van der Waals surface area contributed by atoms with Crippen LogP contribution in [0, 0.1) is 0 Å². The molecule has 3 heterocycles. The number of benzene rings is 3. The summed E-state index contributed by atoms with van der Waals surface area (Å²) in [5.74, 6) is 0.351. The highest BCUT2D eigenvalue weighted by Crippen LogP contribution is 2.44. The number of Topliss-reactive ketones (excluding diaryl/α,β-unsaturated/α-hetero) is 1. The largest absolute Gasteiger partial charge is 0.361 e. The van der Waals surface area contributed by atoms with Crippen molar-refractivity contribution >= 4 is 34.8 Å². The van der Waals surface area contributed by atoms with Crippen LogP contribution in [-0.2, 0) is 6.54 Å². The number of anilines is 1. The monoisotopic (exact) mass is 554 g/mol. The average Bonchev–Trinajstić information content (AvgIpc) is 3.56. The second-order valence-corrected chi connectivity index (χ2v) is 10.5. The van der Waals surface area contributed by atoms with Gasteiger partial charge in [0.2, 0.25) is 0 Å². The van der Waals surface area contributed by atoms with E-state index in [0.29, 0.717) is 39.1 Å². The molecule has 39 heavy (non-hydrogen) atoms. The topological polar surface area (TPSA) is 68.9 Å². The van der Waals surface area contributed by atoms with E-state index in [9.17, 15) is 9.59 Å². The van der Waals surface area contributed by atoms with E-state index in [-0.39, 0.29) is 17.4 Å². The van der Waals surface area contributed by atoms with Gasteiger partial charge in [-0.15, -0.1) is 0 Å². The Bertz CT molecular complexity index is 1730. The summed E-state index contributed by atoms with van der Waals surface area (Å²) in [4.78, 5) is 27.1. The highest BCUT2D eigenvalue weighted by atomic mass is 35.5. The summed E-state index contributed by atoms with van der Waals surface area (Å²) < 4.78 is 3.49. The molecule has 6 nitrogen and oxygen atoms in total. The third kappa shape index (κ3) is 4.78. The van der Waals surface area contributed by atoms with Gasteiger partial charge in [-0.1, -0.05) is 77.8 Å². The Morgan fingerprint density at radius 2 is 1.56 bits per heavy atom. The smallest absolute Gasteiger partial charge is 0.260 e. The number of aromatic nitrogens is 3. The molecule has 1 aliphatic heterocycles. The number of nitrogens with zero attached hydrogens (tertiary/aromatic N) is 3. The van der Waals surface area contributed by atoms with Crippen molar-refractivity contribution in [3.05, 3.63) is 140 Å². The van der Waals surface area contributed by atoms with Crippen molar-refractivity contribution < 1.29 is 4.79 Å². The van der Waals surface area contributed by atoms with Crippen LogP contribution in [0.3, 0.4) is 0 Å². The third-order valence-electron chi connectivity index (χ3n) is 7.07. The normalized spacial score (nSPS) is 16.1. The van der Waals surface area contributed by atoms with Crippen LogP contribution >= 0.6 is 23.2 Å². The predicted octanol–water partition coefficient (Wildman–Crippen LogP) is 7.03. The molecule has 5 aromatic rings. The molecule has 0 radical (unpaired) electrons. The van der Waals surface area contributed by atoms with E-state index in [0.717, 1.165) is 16.7 Å². The number of carbonyl (C=O) groups excluding carboxylic acids is 1. The zero-order chi connectivity index (χ0) is 27.1. The molecule has 0 unspecified atom stereocenters. The lowest BCUT2D eigenvalue weighted by Gasteiger charge is -2.22. The van der Waals surface area contributed by atoms with Crippen LogP contribution in [0.4, 0.5) is 5.82 Å². The molecule has 0 aliphatic carbocycles. The molecule has 3 aromatic carbocycles. The van der Waals surface area contributed by atoms with Gasteiger partial charge in [0.25, 0.3) is 5.56 Å². The van der Waals surface area contributed by atoms with Crippen LogP contribution in [0.15, 0.2) is 102 Å². The maximum absolute atomic E-state index is 14.2. The maximum atomic E-state index is 14.2. The molecule has 1 aliphatic rings. The van der Waals surface area contributed by atoms with E-state index in [2.05, 4.69) is 10.4 Å². The van der Waals surface area contributed by atoms with E-state index >= 15 is 0 Å². The van der Waals surface area contributed by atoms with E-state index in [1.807, 2.05) is 85.1 Å². The van der Waals surface area contributed by atoms with Crippen molar-refractivity contribution in [1.29, 1.82) is 0 Å². The van der Waals surface area contributed by atoms with E-state index in [1.54, 1.807) is 21.5 Å². The summed E-state index contributed by atoms with van der Waals surface area (Å²) in [6, 6.07) is 25.9. The standard InChI is InChI=1S/C31H24Cl2N4O2/c1-19(38)26-15-27(23-16-34-36(18-23)17-20-5-3-2-4-6-20)31(39)37-29(22-9-13-25(33)14-10-22)28(35-30(26)37)21-7-11-24(32)12-8-21/h2-16,18,28-29,35H,17H2,1H3/t28-,29+/m1/s1. The van der Waals surface area contributed by atoms with Crippen LogP contribution < -0.4 is 10.9 Å². The minimum absolute atomic E-state index is 0.143. The number of hydrogen-bond donors (Lipinski definition) is 1. The SMILES string of the molecule is CC(=O)c1cc(-c2cnn(Cc3ccccc3)c2)c(=O)n2c1N[C@H](c1ccc(Cl)cc1)[C@@H]2c1ccc(Cl)cc1. The van der Waals surface area contributed by atoms with Crippen LogP contribution in [0.25, 0.3) is 11.1 Å². The Morgan fingerprint density at radius 1 is 0.923 bits per heavy atom. The summed E-state index contributed by atoms with van der Waals surface area (Å²) in [6.07, 6.45) is 3.52. The second kappa shape index (κ2) is 10.2. The van der Waals surface area contributed by atoms with Crippen molar-refractivity contribution in [1.82, 2.24) is 14.3 Å². The lowest BCUT2D eigenvalue weighted by molar-refractivity contribution is 0.101. The number of pyridine rings is 1. The van der Waals surface area contributed by atoms with Crippen molar-refractivity contribution in [2.75, 3.05) is 5.32 Å². The van der Waals surface area contributed by atoms with Crippen molar-refractivity contribution in [3.8, 4) is 11.1 Å².